The average Bonchev–Trinajstić information content (AvgIpc) is 3.12. The van der Waals surface area contributed by atoms with Crippen LogP contribution >= 0.6 is 11.6 Å². The third-order valence-corrected chi connectivity index (χ3v) is 5.58. The number of fused-ring (bicyclic) bond motifs is 2. The topological polar surface area (TPSA) is 47.7 Å². The maximum Gasteiger partial charge on any atom is 0.198 e. The smallest absolute Gasteiger partial charge is 0.198 e. The van der Waals surface area contributed by atoms with Crippen LogP contribution in [-0.2, 0) is 6.54 Å². The molecule has 6 heteroatoms. The Morgan fingerprint density at radius 3 is 2.81 bits per heavy atom. The zero-order chi connectivity index (χ0) is 18.2. The molecule has 0 amide bonds. The minimum atomic E-state index is 0.358. The molecule has 2 aliphatic rings. The number of nitrogens with zero attached hydrogens (tertiary/aromatic N) is 2. The third-order valence-electron chi connectivity index (χ3n) is 5.34. The zero-order valence-corrected chi connectivity index (χ0v) is 15.7. The minimum absolute atomic E-state index is 0.358. The average molecular weight is 385 g/mol. The van der Waals surface area contributed by atoms with Crippen molar-refractivity contribution in [1.82, 2.24) is 9.88 Å². The van der Waals surface area contributed by atoms with Gasteiger partial charge in [0.1, 0.15) is 18.7 Å². The van der Waals surface area contributed by atoms with Crippen LogP contribution in [0.25, 0.3) is 11.1 Å². The number of hydrogen-bond donors (Lipinski definition) is 0. The number of ether oxygens (including phenoxy) is 2. The lowest BCUT2D eigenvalue weighted by Gasteiger charge is -2.31. The third kappa shape index (κ3) is 3.37. The van der Waals surface area contributed by atoms with E-state index in [0.717, 1.165) is 61.0 Å². The predicted octanol–water partition coefficient (Wildman–Crippen LogP) is 4.63. The molecule has 0 saturated carbocycles. The van der Waals surface area contributed by atoms with E-state index in [1.165, 1.54) is 5.56 Å². The van der Waals surface area contributed by atoms with Gasteiger partial charge in [-0.25, -0.2) is 4.98 Å². The first-order valence-electron chi connectivity index (χ1n) is 9.42. The lowest BCUT2D eigenvalue weighted by molar-refractivity contribution is 0.161. The van der Waals surface area contributed by atoms with Crippen LogP contribution in [0.3, 0.4) is 0 Å². The highest BCUT2D eigenvalue weighted by Gasteiger charge is 2.26. The SMILES string of the molecule is Clc1ccc2oc(C3CCN(Cc4cccc5c4OCCO5)CC3)nc2c1. The second kappa shape index (κ2) is 7.06. The van der Waals surface area contributed by atoms with Gasteiger partial charge >= 0.3 is 0 Å². The van der Waals surface area contributed by atoms with Crippen molar-refractivity contribution >= 4 is 22.7 Å². The number of piperidine rings is 1. The van der Waals surface area contributed by atoms with Crippen LogP contribution in [0.4, 0.5) is 0 Å². The Kier molecular flexibility index (Phi) is 4.42. The summed E-state index contributed by atoms with van der Waals surface area (Å²) in [5, 5.41) is 0.689. The predicted molar refractivity (Wildman–Crippen MR) is 104 cm³/mol. The van der Waals surface area contributed by atoms with E-state index >= 15 is 0 Å². The highest BCUT2D eigenvalue weighted by Crippen LogP contribution is 2.36. The summed E-state index contributed by atoms with van der Waals surface area (Å²) in [6.45, 7) is 4.14. The molecule has 140 valence electrons. The largest absolute Gasteiger partial charge is 0.486 e. The minimum Gasteiger partial charge on any atom is -0.486 e. The molecule has 2 aliphatic heterocycles. The van der Waals surface area contributed by atoms with Gasteiger partial charge in [-0.15, -0.1) is 0 Å². The van der Waals surface area contributed by atoms with Crippen LogP contribution in [0.5, 0.6) is 11.5 Å². The van der Waals surface area contributed by atoms with Crippen molar-refractivity contribution < 1.29 is 13.9 Å². The van der Waals surface area contributed by atoms with Crippen LogP contribution in [0.2, 0.25) is 5.02 Å². The number of hydrogen-bond acceptors (Lipinski definition) is 5. The molecular weight excluding hydrogens is 364 g/mol. The molecule has 5 rings (SSSR count). The van der Waals surface area contributed by atoms with Crippen LogP contribution in [0.1, 0.15) is 30.2 Å². The number of benzene rings is 2. The summed E-state index contributed by atoms with van der Waals surface area (Å²) in [5.41, 5.74) is 2.85. The standard InChI is InChI=1S/C21H21ClN2O3/c22-16-4-5-18-17(12-16)23-21(27-18)14-6-8-24(9-7-14)13-15-2-1-3-19-20(15)26-11-10-25-19/h1-5,12,14H,6-11,13H2. The molecule has 0 N–H and O–H groups in total. The zero-order valence-electron chi connectivity index (χ0n) is 15.0. The van der Waals surface area contributed by atoms with E-state index in [9.17, 15) is 0 Å². The fourth-order valence-electron chi connectivity index (χ4n) is 3.93. The summed E-state index contributed by atoms with van der Waals surface area (Å²) in [6.07, 6.45) is 2.07. The van der Waals surface area contributed by atoms with Crippen molar-refractivity contribution in [1.29, 1.82) is 0 Å². The first kappa shape index (κ1) is 16.9. The summed E-state index contributed by atoms with van der Waals surface area (Å²) in [7, 11) is 0. The molecule has 1 aromatic heterocycles. The fourth-order valence-corrected chi connectivity index (χ4v) is 4.10. The Hall–Kier alpha value is -2.24. The molecule has 2 aromatic carbocycles. The summed E-state index contributed by atoms with van der Waals surface area (Å²) in [4.78, 5) is 7.12. The molecule has 5 nitrogen and oxygen atoms in total. The molecule has 0 atom stereocenters. The lowest BCUT2D eigenvalue weighted by atomic mass is 9.96. The van der Waals surface area contributed by atoms with E-state index < -0.39 is 0 Å². The van der Waals surface area contributed by atoms with Gasteiger partial charge in [0, 0.05) is 23.0 Å². The highest BCUT2D eigenvalue weighted by atomic mass is 35.5. The number of oxazole rings is 1. The van der Waals surface area contributed by atoms with Gasteiger partial charge in [-0.2, -0.15) is 0 Å². The van der Waals surface area contributed by atoms with Crippen LogP contribution in [0.15, 0.2) is 40.8 Å². The van der Waals surface area contributed by atoms with E-state index in [4.69, 9.17) is 25.5 Å². The molecule has 0 spiro atoms. The first-order chi connectivity index (χ1) is 13.3. The van der Waals surface area contributed by atoms with E-state index in [0.29, 0.717) is 24.2 Å². The van der Waals surface area contributed by atoms with Gasteiger partial charge < -0.3 is 13.9 Å². The maximum absolute atomic E-state index is 6.05. The van der Waals surface area contributed by atoms with Crippen molar-refractivity contribution in [2.24, 2.45) is 0 Å². The quantitative estimate of drug-likeness (QED) is 0.658. The van der Waals surface area contributed by atoms with E-state index in [1.54, 1.807) is 0 Å². The fraction of sp³-hybridized carbons (Fsp3) is 0.381. The van der Waals surface area contributed by atoms with Crippen LogP contribution in [0, 0.1) is 0 Å². The number of halogens is 1. The summed E-state index contributed by atoms with van der Waals surface area (Å²) >= 11 is 6.05. The summed E-state index contributed by atoms with van der Waals surface area (Å²) < 4.78 is 17.5. The van der Waals surface area contributed by atoms with E-state index in [-0.39, 0.29) is 0 Å². The summed E-state index contributed by atoms with van der Waals surface area (Å²) in [6, 6.07) is 11.7. The molecule has 1 fully saturated rings. The highest BCUT2D eigenvalue weighted by molar-refractivity contribution is 6.31. The van der Waals surface area contributed by atoms with Crippen molar-refractivity contribution in [3.05, 3.63) is 52.9 Å². The molecular formula is C21H21ClN2O3. The van der Waals surface area contributed by atoms with Gasteiger partial charge in [-0.1, -0.05) is 23.7 Å². The van der Waals surface area contributed by atoms with Gasteiger partial charge in [0.2, 0.25) is 0 Å². The van der Waals surface area contributed by atoms with Crippen LogP contribution in [-0.4, -0.2) is 36.2 Å². The van der Waals surface area contributed by atoms with Gasteiger partial charge in [-0.3, -0.25) is 4.90 Å². The Labute approximate surface area is 162 Å². The lowest BCUT2D eigenvalue weighted by Crippen LogP contribution is -2.33. The van der Waals surface area contributed by atoms with Crippen molar-refractivity contribution in [2.45, 2.75) is 25.3 Å². The Morgan fingerprint density at radius 1 is 1.07 bits per heavy atom. The molecule has 0 radical (unpaired) electrons. The molecule has 3 heterocycles. The Balaban J connectivity index is 1.26. The van der Waals surface area contributed by atoms with Gasteiger partial charge in [0.15, 0.2) is 23.0 Å². The number of aromatic nitrogens is 1. The number of rotatable bonds is 3. The molecule has 0 unspecified atom stereocenters. The van der Waals surface area contributed by atoms with Crippen molar-refractivity contribution in [3.8, 4) is 11.5 Å². The molecule has 0 aliphatic carbocycles. The van der Waals surface area contributed by atoms with Crippen molar-refractivity contribution in [3.63, 3.8) is 0 Å². The van der Waals surface area contributed by atoms with Gasteiger partial charge in [-0.05, 0) is 50.2 Å². The maximum atomic E-state index is 6.05. The number of para-hydroxylation sites is 1. The molecule has 0 bridgehead atoms. The van der Waals surface area contributed by atoms with E-state index in [1.807, 2.05) is 30.3 Å². The Morgan fingerprint density at radius 2 is 1.93 bits per heavy atom. The molecule has 1 saturated heterocycles. The Bertz CT molecular complexity index is 963. The van der Waals surface area contributed by atoms with Gasteiger partial charge in [0.25, 0.3) is 0 Å². The first-order valence-corrected chi connectivity index (χ1v) is 9.80. The normalized spacial score (nSPS) is 18.1. The summed E-state index contributed by atoms with van der Waals surface area (Å²) in [5.74, 6) is 2.96. The monoisotopic (exact) mass is 384 g/mol. The second-order valence-corrected chi connectivity index (χ2v) is 7.59. The number of likely N-dealkylation sites (tertiary alicyclic amines) is 1. The van der Waals surface area contributed by atoms with Crippen LogP contribution < -0.4 is 9.47 Å². The second-order valence-electron chi connectivity index (χ2n) is 7.16. The van der Waals surface area contributed by atoms with Crippen molar-refractivity contribution in [2.75, 3.05) is 26.3 Å². The van der Waals surface area contributed by atoms with Gasteiger partial charge in [0.05, 0.1) is 0 Å². The van der Waals surface area contributed by atoms with E-state index in [2.05, 4.69) is 16.0 Å². The molecule has 27 heavy (non-hydrogen) atoms. The molecule has 3 aromatic rings.